The molecule has 0 aromatic heterocycles. The minimum Gasteiger partial charge on any atom is -0.390 e. The molecule has 4 rings (SSSR count). The molecule has 0 bridgehead atoms. The number of hydrogen-bond donors (Lipinski definition) is 2. The molecule has 0 radical (unpaired) electrons. The predicted molar refractivity (Wildman–Crippen MR) is 121 cm³/mol. The van der Waals surface area contributed by atoms with Crippen molar-refractivity contribution in [3.63, 3.8) is 0 Å². The molecule has 0 saturated heterocycles. The van der Waals surface area contributed by atoms with Crippen LogP contribution < -0.4 is 0 Å². The summed E-state index contributed by atoms with van der Waals surface area (Å²) in [5.41, 5.74) is 0.104. The zero-order valence-electron chi connectivity index (χ0n) is 20.6. The Bertz CT molecular complexity index is 680. The summed E-state index contributed by atoms with van der Waals surface area (Å²) in [6, 6.07) is 0. The van der Waals surface area contributed by atoms with Crippen molar-refractivity contribution in [2.75, 3.05) is 0 Å². The van der Waals surface area contributed by atoms with Crippen LogP contribution in [0.4, 0.5) is 13.2 Å². The molecule has 186 valence electrons. The lowest BCUT2D eigenvalue weighted by Crippen LogP contribution is -2.56. The van der Waals surface area contributed by atoms with Crippen LogP contribution in [-0.2, 0) is 0 Å². The van der Waals surface area contributed by atoms with Crippen molar-refractivity contribution < 1.29 is 23.4 Å². The van der Waals surface area contributed by atoms with Gasteiger partial charge in [0, 0.05) is 0 Å². The smallest absolute Gasteiger partial charge is 0.390 e. The molecule has 0 amide bonds. The minimum absolute atomic E-state index is 0.173. The van der Waals surface area contributed by atoms with Gasteiger partial charge in [0.25, 0.3) is 0 Å². The molecule has 2 nitrogen and oxygen atoms in total. The van der Waals surface area contributed by atoms with Gasteiger partial charge < -0.3 is 10.2 Å². The summed E-state index contributed by atoms with van der Waals surface area (Å²) in [4.78, 5) is 0. The molecule has 10 atom stereocenters. The third-order valence-electron chi connectivity index (χ3n) is 11.5. The monoisotopic (exact) mass is 458 g/mol. The van der Waals surface area contributed by atoms with E-state index in [2.05, 4.69) is 27.7 Å². The Kier molecular flexibility index (Phi) is 6.54. The maximum absolute atomic E-state index is 12.8. The van der Waals surface area contributed by atoms with E-state index in [1.165, 1.54) is 32.1 Å². The van der Waals surface area contributed by atoms with Crippen molar-refractivity contribution in [1.29, 1.82) is 0 Å². The predicted octanol–water partition coefficient (Wildman–Crippen LogP) is 7.13. The van der Waals surface area contributed by atoms with E-state index in [1.54, 1.807) is 0 Å². The molecule has 0 aromatic carbocycles. The fourth-order valence-electron chi connectivity index (χ4n) is 9.40. The van der Waals surface area contributed by atoms with E-state index in [9.17, 15) is 23.4 Å². The molecule has 0 spiro atoms. The van der Waals surface area contributed by atoms with Gasteiger partial charge in [-0.15, -0.1) is 0 Å². The van der Waals surface area contributed by atoms with Crippen LogP contribution in [0.5, 0.6) is 0 Å². The van der Waals surface area contributed by atoms with Crippen LogP contribution in [-0.4, -0.2) is 28.1 Å². The lowest BCUT2D eigenvalue weighted by atomic mass is 9.43. The summed E-state index contributed by atoms with van der Waals surface area (Å²) < 4.78 is 38.3. The summed E-state index contributed by atoms with van der Waals surface area (Å²) in [7, 11) is 0. The van der Waals surface area contributed by atoms with Gasteiger partial charge in [-0.05, 0) is 123 Å². The van der Waals surface area contributed by atoms with E-state index in [1.807, 2.05) is 0 Å². The number of alkyl halides is 3. The Balaban J connectivity index is 1.45. The van der Waals surface area contributed by atoms with Gasteiger partial charge in [0.15, 0.2) is 0 Å². The van der Waals surface area contributed by atoms with Gasteiger partial charge in [-0.3, -0.25) is 0 Å². The van der Waals surface area contributed by atoms with Gasteiger partial charge in [0.2, 0.25) is 0 Å². The molecule has 0 aromatic rings. The highest BCUT2D eigenvalue weighted by atomic mass is 19.4. The van der Waals surface area contributed by atoms with Gasteiger partial charge in [0.05, 0.1) is 5.60 Å². The second-order valence-electron chi connectivity index (χ2n) is 12.8. The SMILES string of the molecule is CC[C@]1(O)CC[C@@]2(C)[C@H](CC[C@@H]3[C@@H]2CC[C@]2(C)[C@@H]([C@H](C)CC[C@@H](O)C(F)(F)F)CC[C@@H]32)C1. The minimum atomic E-state index is -4.50. The number of aliphatic hydroxyl groups is 2. The Labute approximate surface area is 192 Å². The van der Waals surface area contributed by atoms with Crippen LogP contribution in [0.1, 0.15) is 105 Å². The Morgan fingerprint density at radius 2 is 1.59 bits per heavy atom. The maximum Gasteiger partial charge on any atom is 0.414 e. The third kappa shape index (κ3) is 4.06. The lowest BCUT2D eigenvalue weighted by Gasteiger charge is -2.62. The Morgan fingerprint density at radius 1 is 0.906 bits per heavy atom. The average Bonchev–Trinajstić information content (AvgIpc) is 3.09. The third-order valence-corrected chi connectivity index (χ3v) is 11.5. The molecule has 5 heteroatoms. The summed E-state index contributed by atoms with van der Waals surface area (Å²) in [5, 5.41) is 20.4. The summed E-state index contributed by atoms with van der Waals surface area (Å²) in [5.74, 6) is 3.48. The topological polar surface area (TPSA) is 40.5 Å². The van der Waals surface area contributed by atoms with Gasteiger partial charge >= 0.3 is 6.18 Å². The number of hydrogen-bond acceptors (Lipinski definition) is 2. The van der Waals surface area contributed by atoms with Gasteiger partial charge in [-0.2, -0.15) is 13.2 Å². The van der Waals surface area contributed by atoms with Crippen molar-refractivity contribution in [1.82, 2.24) is 0 Å². The zero-order chi connectivity index (χ0) is 23.5. The van der Waals surface area contributed by atoms with Crippen molar-refractivity contribution in [2.45, 2.75) is 123 Å². The first-order valence-corrected chi connectivity index (χ1v) is 13.3. The summed E-state index contributed by atoms with van der Waals surface area (Å²) in [6.07, 6.45) is 4.76. The molecule has 2 N–H and O–H groups in total. The van der Waals surface area contributed by atoms with Crippen LogP contribution in [0.2, 0.25) is 0 Å². The first-order valence-electron chi connectivity index (χ1n) is 13.3. The van der Waals surface area contributed by atoms with E-state index in [0.717, 1.165) is 43.9 Å². The Hall–Kier alpha value is -0.290. The average molecular weight is 459 g/mol. The molecule has 4 aliphatic carbocycles. The fraction of sp³-hybridized carbons (Fsp3) is 1.00. The van der Waals surface area contributed by atoms with Crippen molar-refractivity contribution in [3.8, 4) is 0 Å². The largest absolute Gasteiger partial charge is 0.414 e. The molecule has 0 heterocycles. The first kappa shape index (κ1) is 24.8. The molecule has 32 heavy (non-hydrogen) atoms. The fourth-order valence-corrected chi connectivity index (χ4v) is 9.40. The maximum atomic E-state index is 12.8. The molecule has 0 unspecified atom stereocenters. The number of rotatable bonds is 5. The number of aliphatic hydroxyl groups excluding tert-OH is 1. The van der Waals surface area contributed by atoms with Crippen LogP contribution in [0.3, 0.4) is 0 Å². The number of fused-ring (bicyclic) bond motifs is 5. The standard InChI is InChI=1S/C27H45F3O2/c1-5-26(32)15-14-24(3)18(16-26)7-8-19-21-10-9-20(25(21,4)13-12-22(19)24)17(2)6-11-23(31)27(28,29)30/h17-23,31-32H,5-16H2,1-4H3/t17-,18-,19+,20-,21+,22+,23-,24+,25-,26+/m1/s1. The van der Waals surface area contributed by atoms with E-state index in [-0.39, 0.29) is 17.8 Å². The van der Waals surface area contributed by atoms with Crippen molar-refractivity contribution >= 4 is 0 Å². The van der Waals surface area contributed by atoms with Crippen LogP contribution in [0.15, 0.2) is 0 Å². The van der Waals surface area contributed by atoms with Gasteiger partial charge in [0.1, 0.15) is 6.10 Å². The molecule has 4 fully saturated rings. The Morgan fingerprint density at radius 3 is 2.25 bits per heavy atom. The highest BCUT2D eigenvalue weighted by Gasteiger charge is 2.61. The van der Waals surface area contributed by atoms with Gasteiger partial charge in [-0.25, -0.2) is 0 Å². The van der Waals surface area contributed by atoms with E-state index in [0.29, 0.717) is 29.6 Å². The van der Waals surface area contributed by atoms with E-state index in [4.69, 9.17) is 0 Å². The normalized spacial score (nSPS) is 48.5. The van der Waals surface area contributed by atoms with Crippen LogP contribution >= 0.6 is 0 Å². The van der Waals surface area contributed by atoms with Crippen molar-refractivity contribution in [2.24, 2.45) is 46.3 Å². The van der Waals surface area contributed by atoms with E-state index >= 15 is 0 Å². The molecular formula is C27H45F3O2. The molecule has 0 aliphatic heterocycles. The highest BCUT2D eigenvalue weighted by Crippen LogP contribution is 2.69. The molecular weight excluding hydrogens is 413 g/mol. The van der Waals surface area contributed by atoms with Crippen molar-refractivity contribution in [3.05, 3.63) is 0 Å². The lowest BCUT2D eigenvalue weighted by molar-refractivity contribution is -0.206. The van der Waals surface area contributed by atoms with E-state index < -0.39 is 17.9 Å². The molecule has 4 saturated carbocycles. The van der Waals surface area contributed by atoms with Gasteiger partial charge in [-0.1, -0.05) is 27.7 Å². The first-order chi connectivity index (χ1) is 14.8. The highest BCUT2D eigenvalue weighted by molar-refractivity contribution is 5.10. The second-order valence-corrected chi connectivity index (χ2v) is 12.8. The van der Waals surface area contributed by atoms with Crippen LogP contribution in [0.25, 0.3) is 0 Å². The van der Waals surface area contributed by atoms with Crippen LogP contribution in [0, 0.1) is 46.3 Å². The second kappa shape index (κ2) is 8.43. The summed E-state index contributed by atoms with van der Waals surface area (Å²) >= 11 is 0. The number of halogens is 3. The molecule has 4 aliphatic rings. The zero-order valence-corrected chi connectivity index (χ0v) is 20.6. The quantitative estimate of drug-likeness (QED) is 0.460. The summed E-state index contributed by atoms with van der Waals surface area (Å²) in [6.45, 7) is 9.19.